The van der Waals surface area contributed by atoms with Crippen molar-refractivity contribution in [1.29, 1.82) is 0 Å². The van der Waals surface area contributed by atoms with Gasteiger partial charge in [0, 0.05) is 18.0 Å². The molecule has 0 spiro atoms. The number of fused-ring (bicyclic) bond motifs is 1. The highest BCUT2D eigenvalue weighted by atomic mass is 16.7. The molecule has 1 aliphatic heterocycles. The second-order valence-corrected chi connectivity index (χ2v) is 10.3. The lowest BCUT2D eigenvalue weighted by atomic mass is 9.78. The maximum Gasteiger partial charge on any atom is 0.494 e. The standard InChI is InChI=1S/C24H35BN2O6/c1-10-30-20(28)19-16-12-11-15(25-32-23(5,6)24(7,8)33-25)13-17(16)27(9)18(19)14-26-21(29)31-22(2,3)4/h11-13H,10,14H2,1-9H3,(H,26,29). The van der Waals surface area contributed by atoms with E-state index in [1.54, 1.807) is 27.7 Å². The van der Waals surface area contributed by atoms with Crippen molar-refractivity contribution in [3.63, 3.8) is 0 Å². The minimum absolute atomic E-state index is 0.111. The summed E-state index contributed by atoms with van der Waals surface area (Å²) in [5.41, 5.74) is 1.17. The van der Waals surface area contributed by atoms with Gasteiger partial charge in [-0.25, -0.2) is 9.59 Å². The highest BCUT2D eigenvalue weighted by molar-refractivity contribution is 6.62. The van der Waals surface area contributed by atoms with E-state index in [1.165, 1.54) is 0 Å². The van der Waals surface area contributed by atoms with Gasteiger partial charge < -0.3 is 28.7 Å². The number of nitrogens with one attached hydrogen (secondary N) is 1. The molecule has 1 aliphatic rings. The molecule has 0 aliphatic carbocycles. The number of esters is 1. The van der Waals surface area contributed by atoms with Gasteiger partial charge in [0.2, 0.25) is 0 Å². The summed E-state index contributed by atoms with van der Waals surface area (Å²) in [6.07, 6.45) is -0.555. The van der Waals surface area contributed by atoms with Crippen molar-refractivity contribution in [2.24, 2.45) is 7.05 Å². The number of hydrogen-bond acceptors (Lipinski definition) is 6. The molecule has 2 aromatic rings. The molecule has 0 atom stereocenters. The third kappa shape index (κ3) is 5.04. The van der Waals surface area contributed by atoms with E-state index in [1.807, 2.05) is 57.5 Å². The van der Waals surface area contributed by atoms with Gasteiger partial charge in [-0.1, -0.05) is 12.1 Å². The molecule has 1 aromatic carbocycles. The lowest BCUT2D eigenvalue weighted by Gasteiger charge is -2.32. The number of aromatic nitrogens is 1. The van der Waals surface area contributed by atoms with Gasteiger partial charge >= 0.3 is 19.2 Å². The molecule has 1 amide bonds. The first-order valence-electron chi connectivity index (χ1n) is 11.3. The monoisotopic (exact) mass is 458 g/mol. The van der Waals surface area contributed by atoms with Crippen LogP contribution >= 0.6 is 0 Å². The highest BCUT2D eigenvalue weighted by Crippen LogP contribution is 2.37. The van der Waals surface area contributed by atoms with E-state index >= 15 is 0 Å². The van der Waals surface area contributed by atoms with E-state index < -0.39 is 36.0 Å². The molecule has 8 nitrogen and oxygen atoms in total. The van der Waals surface area contributed by atoms with Crippen molar-refractivity contribution in [2.45, 2.75) is 78.7 Å². The summed E-state index contributed by atoms with van der Waals surface area (Å²) in [5.74, 6) is -0.438. The van der Waals surface area contributed by atoms with Crippen LogP contribution in [0.15, 0.2) is 18.2 Å². The second kappa shape index (κ2) is 8.68. The van der Waals surface area contributed by atoms with Crippen LogP contribution in [0.4, 0.5) is 4.79 Å². The van der Waals surface area contributed by atoms with E-state index in [9.17, 15) is 9.59 Å². The number of amides is 1. The minimum Gasteiger partial charge on any atom is -0.462 e. The van der Waals surface area contributed by atoms with Gasteiger partial charge in [-0.2, -0.15) is 0 Å². The van der Waals surface area contributed by atoms with Crippen molar-refractivity contribution >= 4 is 35.5 Å². The zero-order valence-electron chi connectivity index (χ0n) is 21.1. The number of rotatable bonds is 5. The molecule has 33 heavy (non-hydrogen) atoms. The molecule has 3 rings (SSSR count). The molecule has 1 saturated heterocycles. The average Bonchev–Trinajstić information content (AvgIpc) is 3.07. The Morgan fingerprint density at radius 1 is 1.12 bits per heavy atom. The number of nitrogens with zero attached hydrogens (tertiary/aromatic N) is 1. The van der Waals surface area contributed by atoms with Gasteiger partial charge in [-0.3, -0.25) is 0 Å². The minimum atomic E-state index is -0.620. The summed E-state index contributed by atoms with van der Waals surface area (Å²) in [7, 11) is 1.33. The van der Waals surface area contributed by atoms with Crippen LogP contribution in [0, 0.1) is 0 Å². The Bertz CT molecular complexity index is 1050. The first-order chi connectivity index (χ1) is 15.2. The molecule has 0 unspecified atom stereocenters. The number of carbonyl (C=O) groups is 2. The molecule has 180 valence electrons. The predicted molar refractivity (Wildman–Crippen MR) is 128 cm³/mol. The summed E-state index contributed by atoms with van der Waals surface area (Å²) in [5, 5.41) is 3.48. The first kappa shape index (κ1) is 25.1. The number of benzene rings is 1. The fourth-order valence-corrected chi connectivity index (χ4v) is 3.74. The van der Waals surface area contributed by atoms with Crippen LogP contribution in [0.3, 0.4) is 0 Å². The van der Waals surface area contributed by atoms with Crippen LogP contribution in [-0.2, 0) is 32.4 Å². The van der Waals surface area contributed by atoms with Crippen molar-refractivity contribution in [3.8, 4) is 0 Å². The van der Waals surface area contributed by atoms with E-state index in [0.29, 0.717) is 11.3 Å². The van der Waals surface area contributed by atoms with Gasteiger partial charge in [0.05, 0.1) is 35.6 Å². The van der Waals surface area contributed by atoms with Crippen LogP contribution in [0.2, 0.25) is 0 Å². The van der Waals surface area contributed by atoms with E-state index in [0.717, 1.165) is 16.4 Å². The fraction of sp³-hybridized carbons (Fsp3) is 0.583. The second-order valence-electron chi connectivity index (χ2n) is 10.3. The van der Waals surface area contributed by atoms with Gasteiger partial charge in [0.15, 0.2) is 0 Å². The highest BCUT2D eigenvalue weighted by Gasteiger charge is 2.51. The lowest BCUT2D eigenvalue weighted by molar-refractivity contribution is 0.00578. The Morgan fingerprint density at radius 2 is 1.73 bits per heavy atom. The molecule has 1 aromatic heterocycles. The van der Waals surface area contributed by atoms with E-state index in [4.69, 9.17) is 18.8 Å². The Hall–Kier alpha value is -2.52. The number of carbonyl (C=O) groups excluding carboxylic acids is 2. The van der Waals surface area contributed by atoms with Crippen LogP contribution in [0.1, 0.15) is 71.4 Å². The SMILES string of the molecule is CCOC(=O)c1c(CNC(=O)OC(C)(C)C)n(C)c2cc(B3OC(C)(C)C(C)(C)O3)ccc12. The molecular weight excluding hydrogens is 423 g/mol. The van der Waals surface area contributed by atoms with Crippen LogP contribution < -0.4 is 10.8 Å². The van der Waals surface area contributed by atoms with Gasteiger partial charge in [-0.05, 0) is 66.9 Å². The fourth-order valence-electron chi connectivity index (χ4n) is 3.74. The average molecular weight is 458 g/mol. The lowest BCUT2D eigenvalue weighted by Crippen LogP contribution is -2.41. The normalized spacial score (nSPS) is 17.3. The third-order valence-electron chi connectivity index (χ3n) is 6.15. The van der Waals surface area contributed by atoms with Gasteiger partial charge in [-0.15, -0.1) is 0 Å². The summed E-state index contributed by atoms with van der Waals surface area (Å²) < 4.78 is 24.9. The quantitative estimate of drug-likeness (QED) is 0.544. The van der Waals surface area contributed by atoms with Gasteiger partial charge in [0.25, 0.3) is 0 Å². The Kier molecular flexibility index (Phi) is 6.61. The molecule has 9 heteroatoms. The Morgan fingerprint density at radius 3 is 2.27 bits per heavy atom. The van der Waals surface area contributed by atoms with E-state index in [-0.39, 0.29) is 13.2 Å². The van der Waals surface area contributed by atoms with Crippen molar-refractivity contribution in [2.75, 3.05) is 6.61 Å². The van der Waals surface area contributed by atoms with Crippen LogP contribution in [0.5, 0.6) is 0 Å². The maximum atomic E-state index is 12.8. The van der Waals surface area contributed by atoms with Crippen molar-refractivity contribution in [3.05, 3.63) is 29.5 Å². The molecule has 0 bridgehead atoms. The van der Waals surface area contributed by atoms with Crippen LogP contribution in [0.25, 0.3) is 10.9 Å². The Balaban J connectivity index is 2.00. The Labute approximate surface area is 196 Å². The van der Waals surface area contributed by atoms with Gasteiger partial charge in [0.1, 0.15) is 5.60 Å². The van der Waals surface area contributed by atoms with E-state index in [2.05, 4.69) is 5.32 Å². The smallest absolute Gasteiger partial charge is 0.462 e. The predicted octanol–water partition coefficient (Wildman–Crippen LogP) is 3.68. The third-order valence-corrected chi connectivity index (χ3v) is 6.15. The largest absolute Gasteiger partial charge is 0.494 e. The zero-order chi connectivity index (χ0) is 24.8. The molecule has 0 radical (unpaired) electrons. The molecular formula is C24H35BN2O6. The van der Waals surface area contributed by atoms with Crippen LogP contribution in [-0.4, -0.2) is 47.2 Å². The van der Waals surface area contributed by atoms with Crippen molar-refractivity contribution < 1.29 is 28.4 Å². The zero-order valence-corrected chi connectivity index (χ0v) is 21.1. The molecule has 1 fully saturated rings. The maximum absolute atomic E-state index is 12.8. The number of alkyl carbamates (subject to hydrolysis) is 1. The summed E-state index contributed by atoms with van der Waals surface area (Å²) in [6.45, 7) is 15.5. The topological polar surface area (TPSA) is 88.0 Å². The summed E-state index contributed by atoms with van der Waals surface area (Å²) in [4.78, 5) is 25.1. The number of aryl methyl sites for hydroxylation is 1. The number of ether oxygens (including phenoxy) is 2. The first-order valence-corrected chi connectivity index (χ1v) is 11.3. The molecule has 2 heterocycles. The molecule has 1 N–H and O–H groups in total. The summed E-state index contributed by atoms with van der Waals surface area (Å²) in [6, 6.07) is 5.73. The summed E-state index contributed by atoms with van der Waals surface area (Å²) >= 11 is 0. The molecule has 0 saturated carbocycles. The number of hydrogen-bond donors (Lipinski definition) is 1. The van der Waals surface area contributed by atoms with Crippen molar-refractivity contribution in [1.82, 2.24) is 9.88 Å².